The van der Waals surface area contributed by atoms with E-state index in [0.29, 0.717) is 19.0 Å². The lowest BCUT2D eigenvalue weighted by atomic mass is 10.1. The first-order valence-electron chi connectivity index (χ1n) is 6.79. The van der Waals surface area contributed by atoms with Crippen molar-refractivity contribution in [2.24, 2.45) is 0 Å². The molecule has 1 aromatic heterocycles. The average molecular weight is 289 g/mol. The fraction of sp³-hybridized carbons (Fsp3) is 0.429. The van der Waals surface area contributed by atoms with Crippen LogP contribution in [0.25, 0.3) is 11.4 Å². The molecule has 0 aliphatic heterocycles. The molecule has 0 aliphatic carbocycles. The Bertz CT molecular complexity index is 579. The number of ether oxygens (including phenoxy) is 1. The fourth-order valence-electron chi connectivity index (χ4n) is 1.76. The van der Waals surface area contributed by atoms with Crippen molar-refractivity contribution in [2.45, 2.75) is 19.9 Å². The smallest absolute Gasteiger partial charge is 0.243 e. The summed E-state index contributed by atoms with van der Waals surface area (Å²) >= 11 is 0. The predicted octanol–water partition coefficient (Wildman–Crippen LogP) is 0.801. The van der Waals surface area contributed by atoms with E-state index in [9.17, 15) is 4.79 Å². The highest BCUT2D eigenvalue weighted by Gasteiger charge is 2.08. The van der Waals surface area contributed by atoms with Crippen LogP contribution in [0.3, 0.4) is 0 Å². The number of tetrazole rings is 1. The molecule has 1 amide bonds. The summed E-state index contributed by atoms with van der Waals surface area (Å²) in [5.41, 5.74) is 2.05. The Morgan fingerprint density at radius 3 is 2.81 bits per heavy atom. The summed E-state index contributed by atoms with van der Waals surface area (Å²) < 4.78 is 4.91. The number of carbonyl (C=O) groups is 1. The Balaban J connectivity index is 1.88. The van der Waals surface area contributed by atoms with Crippen LogP contribution in [0, 0.1) is 6.92 Å². The molecule has 0 bridgehead atoms. The molecule has 1 aromatic carbocycles. The van der Waals surface area contributed by atoms with Crippen LogP contribution in [0.5, 0.6) is 0 Å². The first-order chi connectivity index (χ1) is 10.2. The number of hydrogen-bond donors (Lipinski definition) is 1. The van der Waals surface area contributed by atoms with Crippen molar-refractivity contribution in [1.82, 2.24) is 25.5 Å². The van der Waals surface area contributed by atoms with Gasteiger partial charge < -0.3 is 10.1 Å². The summed E-state index contributed by atoms with van der Waals surface area (Å²) in [6, 6.07) is 7.83. The molecule has 2 rings (SSSR count). The van der Waals surface area contributed by atoms with Gasteiger partial charge in [-0.05, 0) is 18.6 Å². The summed E-state index contributed by atoms with van der Waals surface area (Å²) in [5.74, 6) is 0.376. The van der Waals surface area contributed by atoms with Gasteiger partial charge in [0.1, 0.15) is 6.54 Å². The van der Waals surface area contributed by atoms with Gasteiger partial charge in [-0.25, -0.2) is 0 Å². The lowest BCUT2D eigenvalue weighted by molar-refractivity contribution is -0.122. The van der Waals surface area contributed by atoms with Crippen LogP contribution in [-0.2, 0) is 16.1 Å². The molecule has 0 atom stereocenters. The van der Waals surface area contributed by atoms with Crippen LogP contribution >= 0.6 is 0 Å². The molecule has 21 heavy (non-hydrogen) atoms. The number of benzene rings is 1. The van der Waals surface area contributed by atoms with Crippen LogP contribution in [0.1, 0.15) is 12.0 Å². The number of nitrogens with one attached hydrogen (secondary N) is 1. The van der Waals surface area contributed by atoms with Crippen molar-refractivity contribution < 1.29 is 9.53 Å². The molecule has 0 spiro atoms. The molecule has 0 saturated carbocycles. The highest BCUT2D eigenvalue weighted by atomic mass is 16.5. The molecule has 1 N–H and O–H groups in total. The lowest BCUT2D eigenvalue weighted by Gasteiger charge is -2.03. The standard InChI is InChI=1S/C14H19N5O2/c1-11-4-6-12(7-5-11)14-16-18-19(17-14)10-13(20)15-8-3-9-21-2/h4-7H,3,8-10H2,1-2H3,(H,15,20). The Morgan fingerprint density at radius 1 is 1.33 bits per heavy atom. The SMILES string of the molecule is COCCCNC(=O)Cn1nnc(-c2ccc(C)cc2)n1. The van der Waals surface area contributed by atoms with Crippen molar-refractivity contribution >= 4 is 5.91 Å². The van der Waals surface area contributed by atoms with Gasteiger partial charge in [0.25, 0.3) is 0 Å². The highest BCUT2D eigenvalue weighted by molar-refractivity contribution is 5.75. The molecule has 7 heteroatoms. The number of aromatic nitrogens is 4. The molecule has 0 fully saturated rings. The van der Waals surface area contributed by atoms with Gasteiger partial charge >= 0.3 is 0 Å². The molecule has 2 aromatic rings. The number of hydrogen-bond acceptors (Lipinski definition) is 5. The Kier molecular flexibility index (Phi) is 5.39. The van der Waals surface area contributed by atoms with Crippen molar-refractivity contribution in [3.8, 4) is 11.4 Å². The zero-order chi connectivity index (χ0) is 15.1. The number of aryl methyl sites for hydroxylation is 1. The maximum absolute atomic E-state index is 11.7. The molecule has 0 aliphatic rings. The van der Waals surface area contributed by atoms with Crippen molar-refractivity contribution in [2.75, 3.05) is 20.3 Å². The van der Waals surface area contributed by atoms with Crippen LogP contribution in [0.15, 0.2) is 24.3 Å². The first kappa shape index (κ1) is 15.1. The third-order valence-corrected chi connectivity index (χ3v) is 2.90. The fourth-order valence-corrected chi connectivity index (χ4v) is 1.76. The van der Waals surface area contributed by atoms with Gasteiger partial charge in [0, 0.05) is 25.8 Å². The van der Waals surface area contributed by atoms with E-state index >= 15 is 0 Å². The maximum atomic E-state index is 11.7. The molecular weight excluding hydrogens is 270 g/mol. The van der Waals surface area contributed by atoms with Crippen molar-refractivity contribution in [3.63, 3.8) is 0 Å². The molecule has 7 nitrogen and oxygen atoms in total. The van der Waals surface area contributed by atoms with Crippen LogP contribution in [0.4, 0.5) is 0 Å². The van der Waals surface area contributed by atoms with Gasteiger partial charge in [-0.2, -0.15) is 4.80 Å². The second-order valence-corrected chi connectivity index (χ2v) is 4.71. The predicted molar refractivity (Wildman–Crippen MR) is 77.5 cm³/mol. The highest BCUT2D eigenvalue weighted by Crippen LogP contribution is 2.13. The second kappa shape index (κ2) is 7.49. The van der Waals surface area contributed by atoms with E-state index in [1.54, 1.807) is 7.11 Å². The van der Waals surface area contributed by atoms with Crippen LogP contribution in [-0.4, -0.2) is 46.4 Å². The third-order valence-electron chi connectivity index (χ3n) is 2.90. The van der Waals surface area contributed by atoms with Gasteiger partial charge in [-0.1, -0.05) is 29.8 Å². The summed E-state index contributed by atoms with van der Waals surface area (Å²) in [6.07, 6.45) is 0.779. The number of carbonyl (C=O) groups excluding carboxylic acids is 1. The second-order valence-electron chi connectivity index (χ2n) is 4.71. The molecule has 1 heterocycles. The number of methoxy groups -OCH3 is 1. The Labute approximate surface area is 123 Å². The normalized spacial score (nSPS) is 10.6. The molecule has 112 valence electrons. The topological polar surface area (TPSA) is 81.9 Å². The molecule has 0 saturated heterocycles. The van der Waals surface area contributed by atoms with Gasteiger partial charge in [0.15, 0.2) is 0 Å². The van der Waals surface area contributed by atoms with E-state index in [0.717, 1.165) is 12.0 Å². The largest absolute Gasteiger partial charge is 0.385 e. The maximum Gasteiger partial charge on any atom is 0.243 e. The lowest BCUT2D eigenvalue weighted by Crippen LogP contribution is -2.29. The minimum Gasteiger partial charge on any atom is -0.385 e. The van der Waals surface area contributed by atoms with E-state index in [2.05, 4.69) is 20.7 Å². The summed E-state index contributed by atoms with van der Waals surface area (Å²) in [7, 11) is 1.63. The minimum absolute atomic E-state index is 0.0614. The average Bonchev–Trinajstić information content (AvgIpc) is 2.93. The Hall–Kier alpha value is -2.28. The van der Waals surface area contributed by atoms with E-state index in [4.69, 9.17) is 4.74 Å². The minimum atomic E-state index is -0.140. The van der Waals surface area contributed by atoms with Crippen LogP contribution < -0.4 is 5.32 Å². The van der Waals surface area contributed by atoms with E-state index in [-0.39, 0.29) is 12.5 Å². The van der Waals surface area contributed by atoms with Crippen molar-refractivity contribution in [3.05, 3.63) is 29.8 Å². The van der Waals surface area contributed by atoms with E-state index in [1.807, 2.05) is 31.2 Å². The first-order valence-corrected chi connectivity index (χ1v) is 6.79. The third kappa shape index (κ3) is 4.64. The van der Waals surface area contributed by atoms with Gasteiger partial charge in [-0.15, -0.1) is 10.2 Å². The van der Waals surface area contributed by atoms with Gasteiger partial charge in [0.2, 0.25) is 11.7 Å². The zero-order valence-corrected chi connectivity index (χ0v) is 12.2. The van der Waals surface area contributed by atoms with E-state index in [1.165, 1.54) is 10.4 Å². The summed E-state index contributed by atoms with van der Waals surface area (Å²) in [5, 5.41) is 14.8. The van der Waals surface area contributed by atoms with Gasteiger partial charge in [0.05, 0.1) is 0 Å². The van der Waals surface area contributed by atoms with E-state index < -0.39 is 0 Å². The summed E-state index contributed by atoms with van der Waals surface area (Å²) in [6.45, 7) is 3.28. The quantitative estimate of drug-likeness (QED) is 0.762. The molecular formula is C14H19N5O2. The number of amides is 1. The Morgan fingerprint density at radius 2 is 2.10 bits per heavy atom. The number of rotatable bonds is 7. The molecule has 0 radical (unpaired) electrons. The monoisotopic (exact) mass is 289 g/mol. The van der Waals surface area contributed by atoms with Crippen LogP contribution in [0.2, 0.25) is 0 Å². The van der Waals surface area contributed by atoms with Crippen molar-refractivity contribution in [1.29, 1.82) is 0 Å². The molecule has 0 unspecified atom stereocenters. The number of nitrogens with zero attached hydrogens (tertiary/aromatic N) is 4. The van der Waals surface area contributed by atoms with Gasteiger partial charge in [-0.3, -0.25) is 4.79 Å². The summed E-state index contributed by atoms with van der Waals surface area (Å²) in [4.78, 5) is 13.0. The zero-order valence-electron chi connectivity index (χ0n) is 12.2.